The molecule has 5 nitrogen and oxygen atoms in total. The zero-order valence-corrected chi connectivity index (χ0v) is 12.4. The molecule has 0 aliphatic rings. The van der Waals surface area contributed by atoms with Gasteiger partial charge in [0, 0.05) is 25.1 Å². The van der Waals surface area contributed by atoms with Gasteiger partial charge < -0.3 is 0 Å². The van der Waals surface area contributed by atoms with Gasteiger partial charge in [-0.05, 0) is 23.8 Å². The summed E-state index contributed by atoms with van der Waals surface area (Å²) in [5.74, 6) is 5.71. The molecular weight excluding hydrogens is 286 g/mol. The van der Waals surface area contributed by atoms with E-state index in [1.807, 2.05) is 36.0 Å². The normalized spacial score (nSPS) is 12.7. The first-order valence-electron chi connectivity index (χ1n) is 6.67. The Morgan fingerprint density at radius 3 is 2.90 bits per heavy atom. The lowest BCUT2D eigenvalue weighted by molar-refractivity contribution is 0.542. The fourth-order valence-corrected chi connectivity index (χ4v) is 2.72. The van der Waals surface area contributed by atoms with Gasteiger partial charge in [0.1, 0.15) is 5.15 Å². The maximum absolute atomic E-state index is 5.95. The van der Waals surface area contributed by atoms with E-state index >= 15 is 0 Å². The molecule has 6 heteroatoms. The second kappa shape index (κ2) is 5.81. The van der Waals surface area contributed by atoms with Gasteiger partial charge in [-0.3, -0.25) is 16.0 Å². The second-order valence-corrected chi connectivity index (χ2v) is 5.31. The van der Waals surface area contributed by atoms with Crippen LogP contribution in [-0.4, -0.2) is 14.8 Å². The molecule has 3 aromatic rings. The average molecular weight is 302 g/mol. The molecule has 1 atom stereocenters. The number of aromatic nitrogens is 3. The number of hydrogen-bond acceptors (Lipinski definition) is 4. The number of rotatable bonds is 4. The molecule has 0 spiro atoms. The van der Waals surface area contributed by atoms with Crippen molar-refractivity contribution < 1.29 is 0 Å². The maximum Gasteiger partial charge on any atom is 0.129 e. The summed E-state index contributed by atoms with van der Waals surface area (Å²) < 4.78 is 1.89. The number of nitrogens with zero attached hydrogens (tertiary/aromatic N) is 3. The summed E-state index contributed by atoms with van der Waals surface area (Å²) in [4.78, 5) is 3.99. The molecule has 108 valence electrons. The van der Waals surface area contributed by atoms with E-state index in [0.29, 0.717) is 11.6 Å². The van der Waals surface area contributed by atoms with E-state index in [2.05, 4.69) is 27.6 Å². The standard InChI is InChI=1S/C15H16ClN5/c1-21-14-5-3-2-4-11(14)13(20-21)9-12(19-17)10-6-7-18-15(16)8-10/h2-8,12,19H,9,17H2,1H3. The van der Waals surface area contributed by atoms with Crippen LogP contribution in [0.1, 0.15) is 17.3 Å². The molecule has 0 saturated heterocycles. The van der Waals surface area contributed by atoms with Crippen LogP contribution in [0.3, 0.4) is 0 Å². The Morgan fingerprint density at radius 2 is 2.14 bits per heavy atom. The SMILES string of the molecule is Cn1nc(CC(NN)c2ccnc(Cl)c2)c2ccccc21. The van der Waals surface area contributed by atoms with Crippen molar-refractivity contribution in [2.24, 2.45) is 12.9 Å². The fourth-order valence-electron chi connectivity index (χ4n) is 2.54. The van der Waals surface area contributed by atoms with Crippen LogP contribution in [0.25, 0.3) is 10.9 Å². The van der Waals surface area contributed by atoms with Crippen molar-refractivity contribution in [1.82, 2.24) is 20.2 Å². The van der Waals surface area contributed by atoms with E-state index in [1.165, 1.54) is 0 Å². The quantitative estimate of drug-likeness (QED) is 0.441. The summed E-state index contributed by atoms with van der Waals surface area (Å²) in [6, 6.07) is 11.8. The van der Waals surface area contributed by atoms with Crippen molar-refractivity contribution in [2.75, 3.05) is 0 Å². The first-order valence-corrected chi connectivity index (χ1v) is 7.05. The lowest BCUT2D eigenvalue weighted by Gasteiger charge is -2.15. The van der Waals surface area contributed by atoms with E-state index in [1.54, 1.807) is 6.20 Å². The molecule has 2 aromatic heterocycles. The lowest BCUT2D eigenvalue weighted by Crippen LogP contribution is -2.29. The maximum atomic E-state index is 5.95. The van der Waals surface area contributed by atoms with Crippen molar-refractivity contribution in [3.63, 3.8) is 0 Å². The smallest absolute Gasteiger partial charge is 0.129 e. The molecule has 0 aliphatic carbocycles. The monoisotopic (exact) mass is 301 g/mol. The first kappa shape index (κ1) is 14.0. The molecule has 21 heavy (non-hydrogen) atoms. The third-order valence-electron chi connectivity index (χ3n) is 3.59. The highest BCUT2D eigenvalue weighted by molar-refractivity contribution is 6.29. The number of aryl methyl sites for hydroxylation is 1. The molecule has 2 heterocycles. The number of nitrogens with one attached hydrogen (secondary N) is 1. The number of hydrogen-bond donors (Lipinski definition) is 2. The molecule has 0 aliphatic heterocycles. The Balaban J connectivity index is 1.96. The van der Waals surface area contributed by atoms with E-state index in [-0.39, 0.29) is 6.04 Å². The van der Waals surface area contributed by atoms with Gasteiger partial charge in [0.05, 0.1) is 17.3 Å². The van der Waals surface area contributed by atoms with Crippen molar-refractivity contribution in [3.8, 4) is 0 Å². The molecule has 3 rings (SSSR count). The number of hydrazine groups is 1. The predicted molar refractivity (Wildman–Crippen MR) is 83.7 cm³/mol. The van der Waals surface area contributed by atoms with Crippen LogP contribution >= 0.6 is 11.6 Å². The molecule has 0 bridgehead atoms. The molecule has 0 saturated carbocycles. The van der Waals surface area contributed by atoms with Gasteiger partial charge in [-0.25, -0.2) is 4.98 Å². The highest BCUT2D eigenvalue weighted by atomic mass is 35.5. The molecule has 1 unspecified atom stereocenters. The van der Waals surface area contributed by atoms with Crippen molar-refractivity contribution in [2.45, 2.75) is 12.5 Å². The Morgan fingerprint density at radius 1 is 1.33 bits per heavy atom. The number of benzene rings is 1. The van der Waals surface area contributed by atoms with Gasteiger partial charge in [0.2, 0.25) is 0 Å². The minimum atomic E-state index is -0.0659. The average Bonchev–Trinajstić information content (AvgIpc) is 2.82. The van der Waals surface area contributed by atoms with Gasteiger partial charge in [0.15, 0.2) is 0 Å². The Labute approximate surface area is 127 Å². The van der Waals surface area contributed by atoms with Gasteiger partial charge in [0.25, 0.3) is 0 Å². The van der Waals surface area contributed by atoms with Crippen LogP contribution in [0.15, 0.2) is 42.6 Å². The summed E-state index contributed by atoms with van der Waals surface area (Å²) in [5.41, 5.74) is 5.94. The molecule has 0 fully saturated rings. The van der Waals surface area contributed by atoms with Crippen molar-refractivity contribution in [1.29, 1.82) is 0 Å². The minimum Gasteiger partial charge on any atom is -0.271 e. The van der Waals surface area contributed by atoms with Crippen LogP contribution in [-0.2, 0) is 13.5 Å². The lowest BCUT2D eigenvalue weighted by atomic mass is 10.0. The van der Waals surface area contributed by atoms with Crippen LogP contribution in [0, 0.1) is 0 Å². The highest BCUT2D eigenvalue weighted by Gasteiger charge is 2.16. The molecule has 3 N–H and O–H groups in total. The summed E-state index contributed by atoms with van der Waals surface area (Å²) in [6.07, 6.45) is 2.36. The van der Waals surface area contributed by atoms with Gasteiger partial charge in [-0.2, -0.15) is 5.10 Å². The van der Waals surface area contributed by atoms with Gasteiger partial charge >= 0.3 is 0 Å². The van der Waals surface area contributed by atoms with E-state index in [0.717, 1.165) is 22.2 Å². The molecule has 0 radical (unpaired) electrons. The summed E-state index contributed by atoms with van der Waals surface area (Å²) in [6.45, 7) is 0. The van der Waals surface area contributed by atoms with E-state index in [9.17, 15) is 0 Å². The largest absolute Gasteiger partial charge is 0.271 e. The minimum absolute atomic E-state index is 0.0659. The van der Waals surface area contributed by atoms with Gasteiger partial charge in [-0.1, -0.05) is 29.8 Å². The Bertz CT molecular complexity index is 768. The molecular formula is C15H16ClN5. The molecule has 0 amide bonds. The number of pyridine rings is 1. The molecule has 1 aromatic carbocycles. The fraction of sp³-hybridized carbons (Fsp3) is 0.200. The van der Waals surface area contributed by atoms with Gasteiger partial charge in [-0.15, -0.1) is 0 Å². The van der Waals surface area contributed by atoms with Crippen molar-refractivity contribution >= 4 is 22.5 Å². The third-order valence-corrected chi connectivity index (χ3v) is 3.79. The number of fused-ring (bicyclic) bond motifs is 1. The topological polar surface area (TPSA) is 68.8 Å². The number of para-hydroxylation sites is 1. The van der Waals surface area contributed by atoms with Crippen molar-refractivity contribution in [3.05, 3.63) is 59.0 Å². The van der Waals surface area contributed by atoms with Crippen LogP contribution in [0.4, 0.5) is 0 Å². The summed E-state index contributed by atoms with van der Waals surface area (Å²) in [7, 11) is 1.94. The third kappa shape index (κ3) is 2.76. The van der Waals surface area contributed by atoms with E-state index in [4.69, 9.17) is 17.4 Å². The number of nitrogens with two attached hydrogens (primary N) is 1. The summed E-state index contributed by atoms with van der Waals surface area (Å²) in [5, 5.41) is 6.19. The first-order chi connectivity index (χ1) is 10.2. The predicted octanol–water partition coefficient (Wildman–Crippen LogP) is 2.37. The van der Waals surface area contributed by atoms with Crippen LogP contribution in [0.5, 0.6) is 0 Å². The second-order valence-electron chi connectivity index (χ2n) is 4.92. The zero-order chi connectivity index (χ0) is 14.8. The van der Waals surface area contributed by atoms with Crippen LogP contribution < -0.4 is 11.3 Å². The number of halogens is 1. The van der Waals surface area contributed by atoms with E-state index < -0.39 is 0 Å². The summed E-state index contributed by atoms with van der Waals surface area (Å²) >= 11 is 5.95. The van der Waals surface area contributed by atoms with Crippen LogP contribution in [0.2, 0.25) is 5.15 Å². The Kier molecular flexibility index (Phi) is 3.88. The Hall–Kier alpha value is -1.95. The zero-order valence-electron chi connectivity index (χ0n) is 11.6. The highest BCUT2D eigenvalue weighted by Crippen LogP contribution is 2.24.